The van der Waals surface area contributed by atoms with E-state index in [2.05, 4.69) is 10.2 Å². The second kappa shape index (κ2) is 7.25. The second-order valence-corrected chi connectivity index (χ2v) is 6.90. The van der Waals surface area contributed by atoms with E-state index in [1.807, 2.05) is 0 Å². The van der Waals surface area contributed by atoms with E-state index in [4.69, 9.17) is 0 Å². The fourth-order valence-electron chi connectivity index (χ4n) is 2.00. The lowest BCUT2D eigenvalue weighted by Crippen LogP contribution is -2.36. The maximum Gasteiger partial charge on any atom is 0.147 e. The van der Waals surface area contributed by atoms with Gasteiger partial charge in [0.1, 0.15) is 9.84 Å². The van der Waals surface area contributed by atoms with Crippen molar-refractivity contribution in [3.8, 4) is 0 Å². The van der Waals surface area contributed by atoms with E-state index in [0.717, 1.165) is 26.1 Å². The molecule has 1 aliphatic rings. The molecule has 0 atom stereocenters. The van der Waals surface area contributed by atoms with Crippen molar-refractivity contribution in [1.82, 2.24) is 10.2 Å². The molecule has 4 nitrogen and oxygen atoms in total. The fourth-order valence-corrected chi connectivity index (χ4v) is 2.67. The molecular formula is C11H24N2O2S. The highest BCUT2D eigenvalue weighted by atomic mass is 32.2. The van der Waals surface area contributed by atoms with E-state index >= 15 is 0 Å². The number of rotatable bonds is 7. The number of sulfone groups is 1. The summed E-state index contributed by atoms with van der Waals surface area (Å²) in [6.45, 7) is 5.33. The molecule has 0 spiro atoms. The van der Waals surface area contributed by atoms with Crippen LogP contribution in [0.25, 0.3) is 0 Å². The number of nitrogens with one attached hydrogen (secondary N) is 1. The predicted octanol–water partition coefficient (Wildman–Crippen LogP) is 0.497. The fraction of sp³-hybridized carbons (Fsp3) is 1.00. The Morgan fingerprint density at radius 1 is 1.12 bits per heavy atom. The minimum absolute atomic E-state index is 0.295. The summed E-state index contributed by atoms with van der Waals surface area (Å²) in [7, 11) is -2.78. The summed E-state index contributed by atoms with van der Waals surface area (Å²) in [5.74, 6) is 0.295. The molecule has 1 fully saturated rings. The van der Waals surface area contributed by atoms with Crippen LogP contribution in [-0.4, -0.2) is 58.1 Å². The van der Waals surface area contributed by atoms with Gasteiger partial charge in [0.2, 0.25) is 0 Å². The van der Waals surface area contributed by atoms with Gasteiger partial charge in [0.05, 0.1) is 5.75 Å². The Morgan fingerprint density at radius 3 is 2.44 bits per heavy atom. The summed E-state index contributed by atoms with van der Waals surface area (Å²) in [5, 5.41) is 3.30. The van der Waals surface area contributed by atoms with Gasteiger partial charge in [-0.2, -0.15) is 0 Å². The molecule has 1 N–H and O–H groups in total. The van der Waals surface area contributed by atoms with Gasteiger partial charge < -0.3 is 10.2 Å². The third-order valence-electron chi connectivity index (χ3n) is 2.92. The predicted molar refractivity (Wildman–Crippen MR) is 67.5 cm³/mol. The Kier molecular flexibility index (Phi) is 6.31. The highest BCUT2D eigenvalue weighted by Gasteiger charge is 2.08. The Hall–Kier alpha value is -0.130. The van der Waals surface area contributed by atoms with Crippen molar-refractivity contribution in [2.24, 2.45) is 0 Å². The van der Waals surface area contributed by atoms with Crippen molar-refractivity contribution in [2.75, 3.05) is 44.7 Å². The third-order valence-corrected chi connectivity index (χ3v) is 3.95. The highest BCUT2D eigenvalue weighted by Crippen LogP contribution is 2.07. The van der Waals surface area contributed by atoms with Gasteiger partial charge in [-0.3, -0.25) is 0 Å². The molecule has 0 aliphatic carbocycles. The normalized spacial score (nSPS) is 18.8. The van der Waals surface area contributed by atoms with Crippen molar-refractivity contribution < 1.29 is 8.42 Å². The largest absolute Gasteiger partial charge is 0.315 e. The minimum Gasteiger partial charge on any atom is -0.315 e. The average Bonchev–Trinajstić information content (AvgIpc) is 2.23. The SMILES string of the molecule is CS(=O)(=O)CCCNCCN1CCCCC1. The Balaban J connectivity index is 1.91. The monoisotopic (exact) mass is 248 g/mol. The van der Waals surface area contributed by atoms with Crippen LogP contribution in [0.15, 0.2) is 0 Å². The summed E-state index contributed by atoms with van der Waals surface area (Å²) >= 11 is 0. The van der Waals surface area contributed by atoms with Gasteiger partial charge in [0.15, 0.2) is 0 Å². The smallest absolute Gasteiger partial charge is 0.147 e. The van der Waals surface area contributed by atoms with Gasteiger partial charge in [0.25, 0.3) is 0 Å². The summed E-state index contributed by atoms with van der Waals surface area (Å²) < 4.78 is 21.8. The molecule has 0 amide bonds. The van der Waals surface area contributed by atoms with Crippen LogP contribution in [0.2, 0.25) is 0 Å². The van der Waals surface area contributed by atoms with E-state index in [1.165, 1.54) is 38.6 Å². The summed E-state index contributed by atoms with van der Waals surface area (Å²) in [6, 6.07) is 0. The Morgan fingerprint density at radius 2 is 1.81 bits per heavy atom. The molecule has 0 saturated carbocycles. The molecule has 0 radical (unpaired) electrons. The topological polar surface area (TPSA) is 49.4 Å². The maximum absolute atomic E-state index is 10.9. The van der Waals surface area contributed by atoms with E-state index in [0.29, 0.717) is 5.75 Å². The van der Waals surface area contributed by atoms with Crippen molar-refractivity contribution in [3.63, 3.8) is 0 Å². The summed E-state index contributed by atoms with van der Waals surface area (Å²) in [5.41, 5.74) is 0. The lowest BCUT2D eigenvalue weighted by atomic mass is 10.1. The van der Waals surface area contributed by atoms with Crippen LogP contribution in [0.1, 0.15) is 25.7 Å². The quantitative estimate of drug-likeness (QED) is 0.667. The molecule has 5 heteroatoms. The maximum atomic E-state index is 10.9. The molecule has 1 saturated heterocycles. The first-order valence-corrected chi connectivity index (χ1v) is 8.25. The molecular weight excluding hydrogens is 224 g/mol. The molecule has 16 heavy (non-hydrogen) atoms. The lowest BCUT2D eigenvalue weighted by Gasteiger charge is -2.26. The van der Waals surface area contributed by atoms with Crippen LogP contribution in [0, 0.1) is 0 Å². The summed E-state index contributed by atoms with van der Waals surface area (Å²) in [6.07, 6.45) is 6.04. The standard InChI is InChI=1S/C11H24N2O2S/c1-16(14,15)11-5-6-12-7-10-13-8-3-2-4-9-13/h12H,2-11H2,1H3. The molecule has 0 aromatic heterocycles. The molecule has 96 valence electrons. The van der Waals surface area contributed by atoms with Gasteiger partial charge in [-0.25, -0.2) is 8.42 Å². The van der Waals surface area contributed by atoms with E-state index in [1.54, 1.807) is 0 Å². The number of piperidine rings is 1. The zero-order valence-corrected chi connectivity index (χ0v) is 11.1. The van der Waals surface area contributed by atoms with Crippen molar-refractivity contribution >= 4 is 9.84 Å². The van der Waals surface area contributed by atoms with E-state index in [9.17, 15) is 8.42 Å². The van der Waals surface area contributed by atoms with E-state index in [-0.39, 0.29) is 0 Å². The summed E-state index contributed by atoms with van der Waals surface area (Å²) in [4.78, 5) is 2.48. The van der Waals surface area contributed by atoms with Crippen LogP contribution < -0.4 is 5.32 Å². The minimum atomic E-state index is -2.78. The zero-order chi connectivity index (χ0) is 11.9. The van der Waals surface area contributed by atoms with E-state index < -0.39 is 9.84 Å². The van der Waals surface area contributed by atoms with Crippen molar-refractivity contribution in [3.05, 3.63) is 0 Å². The highest BCUT2D eigenvalue weighted by molar-refractivity contribution is 7.90. The van der Waals surface area contributed by atoms with Crippen molar-refractivity contribution in [1.29, 1.82) is 0 Å². The molecule has 0 aromatic carbocycles. The van der Waals surface area contributed by atoms with Gasteiger partial charge >= 0.3 is 0 Å². The van der Waals surface area contributed by atoms with Crippen LogP contribution >= 0.6 is 0 Å². The van der Waals surface area contributed by atoms with Gasteiger partial charge in [-0.05, 0) is 38.9 Å². The van der Waals surface area contributed by atoms with Gasteiger partial charge in [-0.1, -0.05) is 6.42 Å². The van der Waals surface area contributed by atoms with Crippen LogP contribution in [0.4, 0.5) is 0 Å². The molecule has 0 unspecified atom stereocenters. The first-order valence-electron chi connectivity index (χ1n) is 6.19. The Bertz CT molecular complexity index is 272. The van der Waals surface area contributed by atoms with Gasteiger partial charge in [-0.15, -0.1) is 0 Å². The second-order valence-electron chi connectivity index (χ2n) is 4.64. The molecule has 0 bridgehead atoms. The van der Waals surface area contributed by atoms with Gasteiger partial charge in [0, 0.05) is 19.3 Å². The average molecular weight is 248 g/mol. The number of likely N-dealkylation sites (tertiary alicyclic amines) is 1. The molecule has 1 rings (SSSR count). The molecule has 1 heterocycles. The number of hydrogen-bond donors (Lipinski definition) is 1. The first kappa shape index (κ1) is 13.9. The van der Waals surface area contributed by atoms with Crippen LogP contribution in [0.3, 0.4) is 0 Å². The first-order chi connectivity index (χ1) is 7.58. The van der Waals surface area contributed by atoms with Crippen LogP contribution in [0.5, 0.6) is 0 Å². The molecule has 0 aromatic rings. The number of hydrogen-bond acceptors (Lipinski definition) is 4. The zero-order valence-electron chi connectivity index (χ0n) is 10.2. The third kappa shape index (κ3) is 7.19. The lowest BCUT2D eigenvalue weighted by molar-refractivity contribution is 0.229. The Labute approximate surface area is 99.3 Å². The van der Waals surface area contributed by atoms with Crippen LogP contribution in [-0.2, 0) is 9.84 Å². The molecule has 1 aliphatic heterocycles. The number of nitrogens with zero attached hydrogens (tertiary/aromatic N) is 1. The van der Waals surface area contributed by atoms with Crippen molar-refractivity contribution in [2.45, 2.75) is 25.7 Å².